The molecule has 0 unspecified atom stereocenters. The molecule has 1 fully saturated rings. The van der Waals surface area contributed by atoms with E-state index >= 15 is 0 Å². The van der Waals surface area contributed by atoms with E-state index in [0.29, 0.717) is 17.6 Å². The average Bonchev–Trinajstić information content (AvgIpc) is 3.19. The molecule has 1 aliphatic carbocycles. The van der Waals surface area contributed by atoms with Gasteiger partial charge >= 0.3 is 0 Å². The third-order valence-corrected chi connectivity index (χ3v) is 5.15. The van der Waals surface area contributed by atoms with Gasteiger partial charge < -0.3 is 10.4 Å². The van der Waals surface area contributed by atoms with E-state index in [0.717, 1.165) is 36.8 Å². The van der Waals surface area contributed by atoms with Gasteiger partial charge in [-0.1, -0.05) is 18.1 Å². The Morgan fingerprint density at radius 1 is 1.20 bits per heavy atom. The van der Waals surface area contributed by atoms with Crippen molar-refractivity contribution in [3.63, 3.8) is 0 Å². The molecular weight excluding hydrogens is 397 g/mol. The zero-order valence-electron chi connectivity index (χ0n) is 16.3. The number of nitrogens with zero attached hydrogens (tertiary/aromatic N) is 5. The van der Waals surface area contributed by atoms with Crippen LogP contribution in [0.2, 0.25) is 0 Å². The van der Waals surface area contributed by atoms with E-state index in [-0.39, 0.29) is 12.0 Å². The molecule has 2 N–H and O–H groups in total. The Morgan fingerprint density at radius 3 is 2.77 bits per heavy atom. The topological polar surface area (TPSA) is 88.8 Å². The number of halogens is 3. The van der Waals surface area contributed by atoms with Crippen LogP contribution in [0.15, 0.2) is 30.6 Å². The highest BCUT2D eigenvalue weighted by Gasteiger charge is 2.26. The second-order valence-electron chi connectivity index (χ2n) is 7.44. The van der Waals surface area contributed by atoms with E-state index in [9.17, 15) is 18.3 Å². The molecule has 1 saturated carbocycles. The molecule has 0 bridgehead atoms. The molecule has 2 atom stereocenters. The van der Waals surface area contributed by atoms with Gasteiger partial charge in [0, 0.05) is 11.3 Å². The summed E-state index contributed by atoms with van der Waals surface area (Å²) in [4.78, 5) is 7.30. The molecular formula is C20H21F3N6O. The second-order valence-corrected chi connectivity index (χ2v) is 7.44. The van der Waals surface area contributed by atoms with E-state index in [4.69, 9.17) is 0 Å². The minimum absolute atomic E-state index is 0.0946. The summed E-state index contributed by atoms with van der Waals surface area (Å²) in [7, 11) is 0. The van der Waals surface area contributed by atoms with Crippen LogP contribution in [0.4, 0.5) is 24.8 Å². The number of hydrogen-bond donors (Lipinski definition) is 2. The summed E-state index contributed by atoms with van der Waals surface area (Å²) < 4.78 is 40.9. The Bertz CT molecular complexity index is 1040. The first-order valence-corrected chi connectivity index (χ1v) is 9.70. The Balaban J connectivity index is 1.59. The quantitative estimate of drug-likeness (QED) is 0.641. The summed E-state index contributed by atoms with van der Waals surface area (Å²) >= 11 is 0. The Morgan fingerprint density at radius 2 is 2.00 bits per heavy atom. The van der Waals surface area contributed by atoms with Gasteiger partial charge in [-0.3, -0.25) is 0 Å². The van der Waals surface area contributed by atoms with Gasteiger partial charge in [0.1, 0.15) is 11.4 Å². The van der Waals surface area contributed by atoms with Gasteiger partial charge in [0.2, 0.25) is 5.95 Å². The van der Waals surface area contributed by atoms with Gasteiger partial charge in [0.05, 0.1) is 24.5 Å². The van der Waals surface area contributed by atoms with E-state index in [1.807, 2.05) is 13.0 Å². The van der Waals surface area contributed by atoms with Crippen molar-refractivity contribution in [1.29, 1.82) is 0 Å². The number of benzene rings is 1. The van der Waals surface area contributed by atoms with Gasteiger partial charge in [-0.05, 0) is 43.5 Å². The van der Waals surface area contributed by atoms with Crippen LogP contribution in [0.25, 0.3) is 11.3 Å². The van der Waals surface area contributed by atoms with E-state index in [1.54, 1.807) is 23.0 Å². The highest BCUT2D eigenvalue weighted by Crippen LogP contribution is 2.30. The maximum Gasteiger partial charge on any atom is 0.283 e. The van der Waals surface area contributed by atoms with Crippen molar-refractivity contribution in [2.24, 2.45) is 0 Å². The van der Waals surface area contributed by atoms with Crippen molar-refractivity contribution >= 4 is 11.6 Å². The molecule has 2 heterocycles. The maximum atomic E-state index is 13.4. The van der Waals surface area contributed by atoms with Crippen molar-refractivity contribution in [3.8, 4) is 11.3 Å². The molecule has 0 spiro atoms. The number of nitrogens with one attached hydrogen (secondary N) is 1. The van der Waals surface area contributed by atoms with Gasteiger partial charge in [-0.2, -0.15) is 0 Å². The second kappa shape index (κ2) is 8.39. The van der Waals surface area contributed by atoms with Crippen LogP contribution in [0.3, 0.4) is 0 Å². The predicted octanol–water partition coefficient (Wildman–Crippen LogP) is 4.34. The number of aliphatic hydroxyl groups is 1. The fraction of sp³-hybridized carbons (Fsp3) is 0.400. The first-order chi connectivity index (χ1) is 14.4. The number of anilines is 2. The molecule has 2 aromatic heterocycles. The molecule has 1 aromatic carbocycles. The zero-order chi connectivity index (χ0) is 21.3. The molecule has 30 heavy (non-hydrogen) atoms. The van der Waals surface area contributed by atoms with Crippen molar-refractivity contribution in [2.45, 2.75) is 51.2 Å². The summed E-state index contributed by atoms with van der Waals surface area (Å²) in [5.74, 6) is -1.28. The van der Waals surface area contributed by atoms with Crippen LogP contribution in [0, 0.1) is 12.7 Å². The molecule has 3 aromatic rings. The maximum absolute atomic E-state index is 13.4. The third-order valence-electron chi connectivity index (χ3n) is 5.15. The monoisotopic (exact) mass is 418 g/mol. The molecule has 0 radical (unpaired) electrons. The normalized spacial score (nSPS) is 19.3. The van der Waals surface area contributed by atoms with Gasteiger partial charge in [0.25, 0.3) is 6.43 Å². The van der Waals surface area contributed by atoms with Crippen molar-refractivity contribution in [1.82, 2.24) is 25.0 Å². The van der Waals surface area contributed by atoms with Crippen LogP contribution in [-0.2, 0) is 0 Å². The lowest BCUT2D eigenvalue weighted by Gasteiger charge is -2.27. The summed E-state index contributed by atoms with van der Waals surface area (Å²) in [6.45, 7) is 1.88. The summed E-state index contributed by atoms with van der Waals surface area (Å²) in [6.07, 6.45) is 2.67. The summed E-state index contributed by atoms with van der Waals surface area (Å²) in [5, 5.41) is 21.5. The molecule has 0 saturated heterocycles. The minimum Gasteiger partial charge on any atom is -0.391 e. The van der Waals surface area contributed by atoms with Crippen LogP contribution in [0.1, 0.15) is 49.4 Å². The number of hydrogen-bond acceptors (Lipinski definition) is 6. The van der Waals surface area contributed by atoms with Gasteiger partial charge in [-0.15, -0.1) is 5.10 Å². The molecule has 0 amide bonds. The number of alkyl halides is 2. The minimum atomic E-state index is -3.04. The average molecular weight is 418 g/mol. The van der Waals surface area contributed by atoms with Gasteiger partial charge in [0.15, 0.2) is 5.82 Å². The highest BCUT2D eigenvalue weighted by molar-refractivity contribution is 5.68. The molecule has 158 valence electrons. The number of aryl methyl sites for hydroxylation is 1. The van der Waals surface area contributed by atoms with Crippen LogP contribution in [0.5, 0.6) is 0 Å². The third kappa shape index (κ3) is 4.28. The lowest BCUT2D eigenvalue weighted by Crippen LogP contribution is -2.27. The molecule has 0 aliphatic heterocycles. The number of aliphatic hydroxyl groups excluding tert-OH is 1. The SMILES string of the molecule is Cc1cc(Nc2ncc(F)c(C(F)F)n2)cc(-c2cn([C@@H]3CCCC[C@H]3O)nn2)c1. The number of aromatic nitrogens is 5. The van der Waals surface area contributed by atoms with Crippen LogP contribution < -0.4 is 5.32 Å². The number of rotatable bonds is 5. The smallest absolute Gasteiger partial charge is 0.283 e. The first kappa shape index (κ1) is 20.3. The van der Waals surface area contributed by atoms with E-state index < -0.39 is 24.0 Å². The summed E-state index contributed by atoms with van der Waals surface area (Å²) in [5.41, 5.74) is 1.86. The zero-order valence-corrected chi connectivity index (χ0v) is 16.3. The standard InChI is InChI=1S/C20H21F3N6O/c1-11-6-12(15-10-29(28-27-15)16-4-2-3-5-17(16)30)8-13(7-11)25-20-24-9-14(21)18(26-20)19(22)23/h6-10,16-17,19,30H,2-5H2,1H3,(H,24,25,26)/t16-,17-/m1/s1. The lowest BCUT2D eigenvalue weighted by atomic mass is 9.93. The highest BCUT2D eigenvalue weighted by atomic mass is 19.3. The molecule has 7 nitrogen and oxygen atoms in total. The Kier molecular flexibility index (Phi) is 5.67. The largest absolute Gasteiger partial charge is 0.391 e. The fourth-order valence-corrected chi connectivity index (χ4v) is 3.70. The van der Waals surface area contributed by atoms with Crippen molar-refractivity contribution in [3.05, 3.63) is 47.7 Å². The van der Waals surface area contributed by atoms with Gasteiger partial charge in [-0.25, -0.2) is 27.8 Å². The molecule has 1 aliphatic rings. The lowest BCUT2D eigenvalue weighted by molar-refractivity contribution is 0.0685. The van der Waals surface area contributed by atoms with E-state index in [2.05, 4.69) is 25.6 Å². The van der Waals surface area contributed by atoms with Crippen LogP contribution >= 0.6 is 0 Å². The fourth-order valence-electron chi connectivity index (χ4n) is 3.70. The summed E-state index contributed by atoms with van der Waals surface area (Å²) in [6, 6.07) is 5.36. The Labute approximate surface area is 171 Å². The predicted molar refractivity (Wildman–Crippen MR) is 104 cm³/mol. The van der Waals surface area contributed by atoms with Crippen molar-refractivity contribution in [2.75, 3.05) is 5.32 Å². The molecule has 10 heteroatoms. The van der Waals surface area contributed by atoms with E-state index in [1.165, 1.54) is 0 Å². The van der Waals surface area contributed by atoms with Crippen molar-refractivity contribution < 1.29 is 18.3 Å². The van der Waals surface area contributed by atoms with Crippen LogP contribution in [-0.4, -0.2) is 36.2 Å². The first-order valence-electron chi connectivity index (χ1n) is 9.70. The Hall–Kier alpha value is -3.01. The molecule has 4 rings (SSSR count).